The number of carbonyl (C=O) groups excluding carboxylic acids is 1. The largest absolute Gasteiger partial charge is 0.272 e. The highest BCUT2D eigenvalue weighted by molar-refractivity contribution is 7.99. The number of amides is 1. The fourth-order valence-corrected chi connectivity index (χ4v) is 4.54. The smallest absolute Gasteiger partial charge is 0.250 e. The number of nitrogens with one attached hydrogen (secondary N) is 1. The van der Waals surface area contributed by atoms with E-state index in [4.69, 9.17) is 23.2 Å². The average Bonchev–Trinajstić information content (AvgIpc) is 3.29. The van der Waals surface area contributed by atoms with Crippen molar-refractivity contribution in [2.24, 2.45) is 5.10 Å². The molecule has 0 fully saturated rings. The van der Waals surface area contributed by atoms with Crippen LogP contribution >= 0.6 is 35.0 Å². The number of hydrogen-bond acceptors (Lipinski definition) is 5. The Morgan fingerprint density at radius 2 is 1.72 bits per heavy atom. The Morgan fingerprint density at radius 1 is 1.00 bits per heavy atom. The minimum absolute atomic E-state index is 0.0561. The van der Waals surface area contributed by atoms with E-state index in [1.807, 2.05) is 34.9 Å². The summed E-state index contributed by atoms with van der Waals surface area (Å²) in [5.41, 5.74) is 6.28. The summed E-state index contributed by atoms with van der Waals surface area (Å²) in [6, 6.07) is 23.4. The molecule has 1 heterocycles. The number of rotatable bonds is 7. The first kappa shape index (κ1) is 25.9. The molecule has 0 aliphatic rings. The lowest BCUT2D eigenvalue weighted by atomic mass is 9.87. The number of thioether (sulfide) groups is 1. The lowest BCUT2D eigenvalue weighted by Gasteiger charge is -2.19. The molecule has 0 unspecified atom stereocenters. The predicted molar refractivity (Wildman–Crippen MR) is 148 cm³/mol. The van der Waals surface area contributed by atoms with Crippen LogP contribution in [0.15, 0.2) is 83.1 Å². The molecule has 0 aliphatic heterocycles. The van der Waals surface area contributed by atoms with Crippen LogP contribution in [-0.2, 0) is 10.2 Å². The van der Waals surface area contributed by atoms with Crippen LogP contribution in [0.5, 0.6) is 0 Å². The van der Waals surface area contributed by atoms with Gasteiger partial charge in [0.2, 0.25) is 0 Å². The Kier molecular flexibility index (Phi) is 8.14. The summed E-state index contributed by atoms with van der Waals surface area (Å²) in [4.78, 5) is 12.5. The summed E-state index contributed by atoms with van der Waals surface area (Å²) in [6.07, 6.45) is 1.46. The molecule has 0 aliphatic carbocycles. The maximum Gasteiger partial charge on any atom is 0.250 e. The van der Waals surface area contributed by atoms with Crippen LogP contribution < -0.4 is 5.43 Å². The van der Waals surface area contributed by atoms with Gasteiger partial charge in [0.15, 0.2) is 11.0 Å². The molecule has 3 aromatic carbocycles. The summed E-state index contributed by atoms with van der Waals surface area (Å²) >= 11 is 13.4. The van der Waals surface area contributed by atoms with Gasteiger partial charge in [-0.3, -0.25) is 9.36 Å². The first-order valence-corrected chi connectivity index (χ1v) is 13.0. The number of para-hydroxylation sites is 1. The van der Waals surface area contributed by atoms with Gasteiger partial charge in [0.25, 0.3) is 5.91 Å². The first-order valence-electron chi connectivity index (χ1n) is 11.2. The number of hydrogen-bond donors (Lipinski definition) is 1. The molecule has 0 atom stereocenters. The quantitative estimate of drug-likeness (QED) is 0.160. The van der Waals surface area contributed by atoms with Crippen molar-refractivity contribution < 1.29 is 4.79 Å². The predicted octanol–water partition coefficient (Wildman–Crippen LogP) is 6.78. The van der Waals surface area contributed by atoms with Crippen molar-refractivity contribution in [3.63, 3.8) is 0 Å². The first-order chi connectivity index (χ1) is 17.2. The number of aromatic nitrogens is 3. The van der Waals surface area contributed by atoms with Crippen molar-refractivity contribution in [2.75, 3.05) is 5.75 Å². The van der Waals surface area contributed by atoms with Crippen LogP contribution in [0, 0.1) is 0 Å². The molecule has 1 N–H and O–H groups in total. The molecule has 9 heteroatoms. The van der Waals surface area contributed by atoms with E-state index in [-0.39, 0.29) is 17.1 Å². The third-order valence-electron chi connectivity index (χ3n) is 5.36. The Labute approximate surface area is 224 Å². The Morgan fingerprint density at radius 3 is 2.42 bits per heavy atom. The lowest BCUT2D eigenvalue weighted by molar-refractivity contribution is -0.118. The summed E-state index contributed by atoms with van der Waals surface area (Å²) in [5.74, 6) is 0.528. The van der Waals surface area contributed by atoms with Crippen LogP contribution in [0.4, 0.5) is 0 Å². The maximum atomic E-state index is 12.5. The van der Waals surface area contributed by atoms with Crippen LogP contribution in [0.1, 0.15) is 31.9 Å². The molecule has 0 spiro atoms. The summed E-state index contributed by atoms with van der Waals surface area (Å²) in [6.45, 7) is 6.55. The summed E-state index contributed by atoms with van der Waals surface area (Å²) in [5, 5.41) is 14.2. The Bertz CT molecular complexity index is 1380. The molecule has 184 valence electrons. The standard InChI is InChI=1S/C27H25Cl2N5OS/c1-27(2,3)20-14-12-18(13-15-20)25-32-33-26(34(25)21-9-5-4-6-10-21)36-17-23(35)31-30-16-19-8-7-11-22(28)24(19)29/h4-16H,17H2,1-3H3,(H,31,35)/b30-16-. The van der Waals surface area contributed by atoms with Gasteiger partial charge in [0.1, 0.15) is 0 Å². The molecule has 0 bridgehead atoms. The molecule has 1 aromatic heterocycles. The van der Waals surface area contributed by atoms with Gasteiger partial charge < -0.3 is 0 Å². The second-order valence-electron chi connectivity index (χ2n) is 9.03. The van der Waals surface area contributed by atoms with Gasteiger partial charge in [-0.05, 0) is 29.2 Å². The zero-order chi connectivity index (χ0) is 25.7. The van der Waals surface area contributed by atoms with Crippen molar-refractivity contribution in [3.05, 3.63) is 94.0 Å². The van der Waals surface area contributed by atoms with Crippen molar-refractivity contribution in [2.45, 2.75) is 31.3 Å². The fraction of sp³-hybridized carbons (Fsp3) is 0.185. The normalized spacial score (nSPS) is 11.7. The average molecular weight is 539 g/mol. The van der Waals surface area contributed by atoms with Gasteiger partial charge in [-0.2, -0.15) is 5.10 Å². The third-order valence-corrected chi connectivity index (χ3v) is 7.13. The fourth-order valence-electron chi connectivity index (χ4n) is 3.44. The van der Waals surface area contributed by atoms with Crippen LogP contribution in [-0.4, -0.2) is 32.6 Å². The van der Waals surface area contributed by atoms with E-state index >= 15 is 0 Å². The second-order valence-corrected chi connectivity index (χ2v) is 10.8. The minimum Gasteiger partial charge on any atom is -0.272 e. The molecule has 4 aromatic rings. The van der Waals surface area contributed by atoms with E-state index in [0.29, 0.717) is 26.6 Å². The molecule has 1 amide bonds. The number of nitrogens with zero attached hydrogens (tertiary/aromatic N) is 4. The molecular formula is C27H25Cl2N5OS. The van der Waals surface area contributed by atoms with E-state index in [9.17, 15) is 4.79 Å². The number of hydrazone groups is 1. The SMILES string of the molecule is CC(C)(C)c1ccc(-c2nnc(SCC(=O)N/N=C\c3cccc(Cl)c3Cl)n2-c2ccccc2)cc1. The van der Waals surface area contributed by atoms with Gasteiger partial charge in [-0.15, -0.1) is 10.2 Å². The molecule has 36 heavy (non-hydrogen) atoms. The molecule has 0 radical (unpaired) electrons. The highest BCUT2D eigenvalue weighted by Crippen LogP contribution is 2.30. The summed E-state index contributed by atoms with van der Waals surface area (Å²) in [7, 11) is 0. The van der Waals surface area contributed by atoms with Crippen molar-refractivity contribution >= 4 is 47.1 Å². The summed E-state index contributed by atoms with van der Waals surface area (Å²) < 4.78 is 1.96. The molecule has 0 saturated heterocycles. The van der Waals surface area contributed by atoms with Gasteiger partial charge in [0.05, 0.1) is 22.0 Å². The maximum absolute atomic E-state index is 12.5. The zero-order valence-corrected chi connectivity index (χ0v) is 22.4. The van der Waals surface area contributed by atoms with Crippen LogP contribution in [0.2, 0.25) is 10.0 Å². The van der Waals surface area contributed by atoms with Gasteiger partial charge >= 0.3 is 0 Å². The van der Waals surface area contributed by atoms with E-state index in [1.54, 1.807) is 18.2 Å². The molecule has 0 saturated carbocycles. The van der Waals surface area contributed by atoms with Crippen molar-refractivity contribution in [1.29, 1.82) is 0 Å². The van der Waals surface area contributed by atoms with E-state index in [1.165, 1.54) is 23.5 Å². The van der Waals surface area contributed by atoms with E-state index in [2.05, 4.69) is 65.8 Å². The van der Waals surface area contributed by atoms with Gasteiger partial charge in [-0.25, -0.2) is 5.43 Å². The van der Waals surface area contributed by atoms with E-state index < -0.39 is 0 Å². The van der Waals surface area contributed by atoms with Gasteiger partial charge in [-0.1, -0.05) is 110 Å². The Hall–Kier alpha value is -3.13. The molecule has 4 rings (SSSR count). The number of halogens is 2. The van der Waals surface area contributed by atoms with E-state index in [0.717, 1.165) is 11.3 Å². The van der Waals surface area contributed by atoms with Crippen molar-refractivity contribution in [3.8, 4) is 17.1 Å². The number of benzene rings is 3. The third kappa shape index (κ3) is 6.16. The second kappa shape index (κ2) is 11.3. The molecule has 6 nitrogen and oxygen atoms in total. The Balaban J connectivity index is 1.52. The van der Waals surface area contributed by atoms with Crippen molar-refractivity contribution in [1.82, 2.24) is 20.2 Å². The van der Waals surface area contributed by atoms with Crippen LogP contribution in [0.25, 0.3) is 17.1 Å². The highest BCUT2D eigenvalue weighted by Gasteiger charge is 2.19. The topological polar surface area (TPSA) is 72.2 Å². The zero-order valence-electron chi connectivity index (χ0n) is 20.1. The van der Waals surface area contributed by atoms with Crippen LogP contribution in [0.3, 0.4) is 0 Å². The highest BCUT2D eigenvalue weighted by atomic mass is 35.5. The monoisotopic (exact) mass is 537 g/mol. The van der Waals surface area contributed by atoms with Gasteiger partial charge in [0, 0.05) is 16.8 Å². The lowest BCUT2D eigenvalue weighted by Crippen LogP contribution is -2.20. The minimum atomic E-state index is -0.284. The molecular weight excluding hydrogens is 513 g/mol. The number of carbonyl (C=O) groups is 1.